The summed E-state index contributed by atoms with van der Waals surface area (Å²) in [6.45, 7) is 4.32. The maximum atomic E-state index is 13.0. The summed E-state index contributed by atoms with van der Waals surface area (Å²) >= 11 is 0. The Balaban J connectivity index is 1.41. The quantitative estimate of drug-likeness (QED) is 0.810. The number of hydrogen-bond acceptors (Lipinski definition) is 3. The summed E-state index contributed by atoms with van der Waals surface area (Å²) in [5.41, 5.74) is 0. The van der Waals surface area contributed by atoms with Gasteiger partial charge in [-0.05, 0) is 63.3 Å². The summed E-state index contributed by atoms with van der Waals surface area (Å²) < 4.78 is 18.7. The topological polar surface area (TPSA) is 61.9 Å². The van der Waals surface area contributed by atoms with E-state index in [1.807, 2.05) is 4.90 Å². The standard InChI is InChI=1S/C21H30FN3O3/c1-16-5-2-3-13-24(16)20(26)11-12-23-21(27)25-14-4-6-18(25)15-28-19-9-7-17(22)8-10-19/h7-10,16,18H,2-6,11-15H2,1H3,(H,23,27). The molecule has 2 atom stereocenters. The largest absolute Gasteiger partial charge is 0.491 e. The molecule has 154 valence electrons. The van der Waals surface area contributed by atoms with Crippen LogP contribution in [0.15, 0.2) is 24.3 Å². The summed E-state index contributed by atoms with van der Waals surface area (Å²) in [7, 11) is 0. The minimum absolute atomic E-state index is 0.0112. The van der Waals surface area contributed by atoms with E-state index < -0.39 is 0 Å². The van der Waals surface area contributed by atoms with Crippen molar-refractivity contribution in [1.29, 1.82) is 0 Å². The maximum absolute atomic E-state index is 13.0. The highest BCUT2D eigenvalue weighted by Crippen LogP contribution is 2.20. The Morgan fingerprint density at radius 1 is 1.11 bits per heavy atom. The van der Waals surface area contributed by atoms with E-state index >= 15 is 0 Å². The van der Waals surface area contributed by atoms with Crippen LogP contribution in [-0.4, -0.2) is 60.1 Å². The zero-order valence-electron chi connectivity index (χ0n) is 16.5. The van der Waals surface area contributed by atoms with E-state index in [-0.39, 0.29) is 23.8 Å². The zero-order valence-corrected chi connectivity index (χ0v) is 16.5. The van der Waals surface area contributed by atoms with E-state index in [9.17, 15) is 14.0 Å². The van der Waals surface area contributed by atoms with Crippen LogP contribution in [0.5, 0.6) is 5.75 Å². The second kappa shape index (κ2) is 9.75. The third-order valence-corrected chi connectivity index (χ3v) is 5.63. The van der Waals surface area contributed by atoms with Crippen LogP contribution in [0.25, 0.3) is 0 Å². The van der Waals surface area contributed by atoms with Crippen molar-refractivity contribution in [1.82, 2.24) is 15.1 Å². The number of amides is 3. The number of carbonyl (C=O) groups is 2. The molecule has 2 saturated heterocycles. The lowest BCUT2D eigenvalue weighted by atomic mass is 10.0. The maximum Gasteiger partial charge on any atom is 0.317 e. The van der Waals surface area contributed by atoms with Crippen molar-refractivity contribution in [3.8, 4) is 5.75 Å². The number of urea groups is 1. The van der Waals surface area contributed by atoms with Crippen molar-refractivity contribution < 1.29 is 18.7 Å². The van der Waals surface area contributed by atoms with Gasteiger partial charge >= 0.3 is 6.03 Å². The molecule has 0 saturated carbocycles. The van der Waals surface area contributed by atoms with Crippen LogP contribution < -0.4 is 10.1 Å². The first-order chi connectivity index (χ1) is 13.5. The first-order valence-corrected chi connectivity index (χ1v) is 10.3. The highest BCUT2D eigenvalue weighted by atomic mass is 19.1. The molecular weight excluding hydrogens is 361 g/mol. The zero-order chi connectivity index (χ0) is 19.9. The van der Waals surface area contributed by atoms with Crippen LogP contribution in [-0.2, 0) is 4.79 Å². The van der Waals surface area contributed by atoms with Gasteiger partial charge in [-0.15, -0.1) is 0 Å². The van der Waals surface area contributed by atoms with Gasteiger partial charge in [0.1, 0.15) is 18.2 Å². The first kappa shape index (κ1) is 20.4. The minimum Gasteiger partial charge on any atom is -0.491 e. The van der Waals surface area contributed by atoms with Crippen molar-refractivity contribution in [2.45, 2.75) is 57.5 Å². The first-order valence-electron chi connectivity index (χ1n) is 10.3. The molecule has 6 nitrogen and oxygen atoms in total. The normalized spacial score (nSPS) is 22.2. The molecule has 2 heterocycles. The molecule has 0 radical (unpaired) electrons. The Kier molecular flexibility index (Phi) is 7.12. The fourth-order valence-electron chi connectivity index (χ4n) is 3.99. The Hall–Kier alpha value is -2.31. The van der Waals surface area contributed by atoms with E-state index in [2.05, 4.69) is 12.2 Å². The molecule has 1 N–H and O–H groups in total. The predicted molar refractivity (Wildman–Crippen MR) is 105 cm³/mol. The smallest absolute Gasteiger partial charge is 0.317 e. The van der Waals surface area contributed by atoms with Crippen LogP contribution in [0.2, 0.25) is 0 Å². The molecule has 2 fully saturated rings. The van der Waals surface area contributed by atoms with E-state index in [0.717, 1.165) is 32.2 Å². The molecule has 3 rings (SSSR count). The van der Waals surface area contributed by atoms with Gasteiger partial charge < -0.3 is 19.9 Å². The minimum atomic E-state index is -0.303. The van der Waals surface area contributed by atoms with Gasteiger partial charge in [0.15, 0.2) is 0 Å². The molecule has 7 heteroatoms. The number of carbonyl (C=O) groups excluding carboxylic acids is 2. The number of hydrogen-bond donors (Lipinski definition) is 1. The Labute approximate surface area is 166 Å². The summed E-state index contributed by atoms with van der Waals surface area (Å²) in [5, 5.41) is 2.88. The number of halogens is 1. The molecular formula is C21H30FN3O3. The van der Waals surface area contributed by atoms with Crippen molar-refractivity contribution in [2.24, 2.45) is 0 Å². The number of benzene rings is 1. The molecule has 1 aromatic carbocycles. The third-order valence-electron chi connectivity index (χ3n) is 5.63. The summed E-state index contributed by atoms with van der Waals surface area (Å²) in [5.74, 6) is 0.405. The van der Waals surface area contributed by atoms with Crippen molar-refractivity contribution >= 4 is 11.9 Å². The van der Waals surface area contributed by atoms with Gasteiger partial charge in [0.2, 0.25) is 5.91 Å². The predicted octanol–water partition coefficient (Wildman–Crippen LogP) is 3.17. The lowest BCUT2D eigenvalue weighted by Crippen LogP contribution is -2.47. The highest BCUT2D eigenvalue weighted by Gasteiger charge is 2.29. The van der Waals surface area contributed by atoms with Gasteiger partial charge in [-0.25, -0.2) is 9.18 Å². The molecule has 28 heavy (non-hydrogen) atoms. The number of likely N-dealkylation sites (tertiary alicyclic amines) is 2. The molecule has 2 unspecified atom stereocenters. The van der Waals surface area contributed by atoms with Crippen molar-refractivity contribution in [3.63, 3.8) is 0 Å². The third kappa shape index (κ3) is 5.36. The number of piperidine rings is 1. The summed E-state index contributed by atoms with van der Waals surface area (Å²) in [4.78, 5) is 28.6. The van der Waals surface area contributed by atoms with Crippen molar-refractivity contribution in [2.75, 3.05) is 26.2 Å². The molecule has 3 amide bonds. The van der Waals surface area contributed by atoms with Gasteiger partial charge in [-0.2, -0.15) is 0 Å². The number of ether oxygens (including phenoxy) is 1. The summed E-state index contributed by atoms with van der Waals surface area (Å²) in [6, 6.07) is 6.02. The number of rotatable bonds is 6. The fourth-order valence-corrected chi connectivity index (χ4v) is 3.99. The van der Waals surface area contributed by atoms with Crippen LogP contribution in [0.4, 0.5) is 9.18 Å². The Morgan fingerprint density at radius 3 is 2.61 bits per heavy atom. The lowest BCUT2D eigenvalue weighted by Gasteiger charge is -2.33. The summed E-state index contributed by atoms with van der Waals surface area (Å²) in [6.07, 6.45) is 5.43. The number of nitrogens with one attached hydrogen (secondary N) is 1. The highest BCUT2D eigenvalue weighted by molar-refractivity contribution is 5.79. The van der Waals surface area contributed by atoms with E-state index in [1.54, 1.807) is 17.0 Å². The van der Waals surface area contributed by atoms with Gasteiger partial charge in [0, 0.05) is 32.1 Å². The monoisotopic (exact) mass is 391 g/mol. The molecule has 2 aliphatic heterocycles. The Morgan fingerprint density at radius 2 is 1.86 bits per heavy atom. The van der Waals surface area contributed by atoms with Crippen LogP contribution in [0, 0.1) is 5.82 Å². The van der Waals surface area contributed by atoms with Gasteiger partial charge in [-0.1, -0.05) is 0 Å². The Bertz CT molecular complexity index is 667. The fraction of sp³-hybridized carbons (Fsp3) is 0.619. The molecule has 0 bridgehead atoms. The van der Waals surface area contributed by atoms with Crippen molar-refractivity contribution in [3.05, 3.63) is 30.1 Å². The molecule has 0 aromatic heterocycles. The van der Waals surface area contributed by atoms with Gasteiger partial charge in [0.25, 0.3) is 0 Å². The van der Waals surface area contributed by atoms with E-state index in [0.29, 0.717) is 37.9 Å². The second-order valence-corrected chi connectivity index (χ2v) is 7.67. The van der Waals surface area contributed by atoms with Crippen LogP contribution in [0.3, 0.4) is 0 Å². The molecule has 2 aliphatic rings. The SMILES string of the molecule is CC1CCCCN1C(=O)CCNC(=O)N1CCCC1COc1ccc(F)cc1. The second-order valence-electron chi connectivity index (χ2n) is 7.67. The van der Waals surface area contributed by atoms with Gasteiger partial charge in [0.05, 0.1) is 6.04 Å². The molecule has 0 aliphatic carbocycles. The average molecular weight is 391 g/mol. The lowest BCUT2D eigenvalue weighted by molar-refractivity contribution is -0.134. The van der Waals surface area contributed by atoms with E-state index in [1.165, 1.54) is 18.6 Å². The van der Waals surface area contributed by atoms with Crippen LogP contribution >= 0.6 is 0 Å². The van der Waals surface area contributed by atoms with Gasteiger partial charge in [-0.3, -0.25) is 4.79 Å². The molecule has 0 spiro atoms. The average Bonchev–Trinajstić information content (AvgIpc) is 3.16. The molecule has 1 aromatic rings. The van der Waals surface area contributed by atoms with E-state index in [4.69, 9.17) is 4.74 Å². The number of nitrogens with zero attached hydrogens (tertiary/aromatic N) is 2. The van der Waals surface area contributed by atoms with Crippen LogP contribution in [0.1, 0.15) is 45.4 Å².